The predicted octanol–water partition coefficient (Wildman–Crippen LogP) is 2.85. The minimum absolute atomic E-state index is 0.0894. The van der Waals surface area contributed by atoms with E-state index in [1.165, 1.54) is 12.0 Å². The highest BCUT2D eigenvalue weighted by molar-refractivity contribution is 5.92. The number of H-pyrrole nitrogens is 1. The van der Waals surface area contributed by atoms with E-state index in [9.17, 15) is 4.79 Å². The van der Waals surface area contributed by atoms with E-state index in [0.29, 0.717) is 17.8 Å². The first kappa shape index (κ1) is 15.4. The van der Waals surface area contributed by atoms with Gasteiger partial charge in [-0.2, -0.15) is 5.10 Å². The molecule has 0 unspecified atom stereocenters. The first-order valence-corrected chi connectivity index (χ1v) is 8.83. The molecule has 0 saturated carbocycles. The molecule has 4 rings (SSSR count). The van der Waals surface area contributed by atoms with Crippen LogP contribution in [-0.4, -0.2) is 51.6 Å². The number of hydrogen-bond donors (Lipinski definition) is 1. The monoisotopic (exact) mass is 324 g/mol. The van der Waals surface area contributed by atoms with Crippen molar-refractivity contribution in [3.8, 4) is 0 Å². The molecule has 3 heterocycles. The third kappa shape index (κ3) is 2.63. The van der Waals surface area contributed by atoms with E-state index in [-0.39, 0.29) is 11.9 Å². The van der Waals surface area contributed by atoms with Crippen molar-refractivity contribution in [2.24, 2.45) is 0 Å². The molecule has 1 aromatic carbocycles. The summed E-state index contributed by atoms with van der Waals surface area (Å²) in [7, 11) is 2.21. The SMILES string of the molecule is CN1[C@H](c2ccccc2)C[C@@H]2[C@@H]1CCCCN2C(=O)c1ccn[nH]1. The number of hydrogen-bond acceptors (Lipinski definition) is 3. The van der Waals surface area contributed by atoms with E-state index in [1.807, 2.05) is 0 Å². The highest BCUT2D eigenvalue weighted by Crippen LogP contribution is 2.40. The Morgan fingerprint density at radius 2 is 2.00 bits per heavy atom. The standard InChI is InChI=1S/C19H24N4O/c1-22-16-9-5-6-12-23(19(24)15-10-11-20-21-15)18(16)13-17(22)14-7-3-2-4-8-14/h2-4,7-8,10-11,16-18H,5-6,9,12-13H2,1H3,(H,20,21)/t16-,17-,18+/m0/s1. The Morgan fingerprint density at radius 3 is 2.75 bits per heavy atom. The van der Waals surface area contributed by atoms with Crippen LogP contribution in [-0.2, 0) is 0 Å². The van der Waals surface area contributed by atoms with Gasteiger partial charge in [-0.15, -0.1) is 0 Å². The van der Waals surface area contributed by atoms with Crippen molar-refractivity contribution in [2.75, 3.05) is 13.6 Å². The third-order valence-corrected chi connectivity index (χ3v) is 5.65. The molecule has 5 nitrogen and oxygen atoms in total. The number of nitrogens with one attached hydrogen (secondary N) is 1. The van der Waals surface area contributed by atoms with Gasteiger partial charge in [0.1, 0.15) is 5.69 Å². The Kier molecular flexibility index (Phi) is 4.10. The zero-order valence-electron chi connectivity index (χ0n) is 14.1. The summed E-state index contributed by atoms with van der Waals surface area (Å²) in [6.07, 6.45) is 6.08. The molecule has 3 atom stereocenters. The summed E-state index contributed by atoms with van der Waals surface area (Å²) in [5, 5.41) is 6.78. The van der Waals surface area contributed by atoms with Crippen LogP contribution >= 0.6 is 0 Å². The summed E-state index contributed by atoms with van der Waals surface area (Å²) in [4.78, 5) is 17.5. The van der Waals surface area contributed by atoms with Gasteiger partial charge >= 0.3 is 0 Å². The number of benzene rings is 1. The van der Waals surface area contributed by atoms with E-state index in [4.69, 9.17) is 0 Å². The third-order valence-electron chi connectivity index (χ3n) is 5.65. The average Bonchev–Trinajstić information content (AvgIpc) is 3.19. The topological polar surface area (TPSA) is 52.2 Å². The molecule has 126 valence electrons. The summed E-state index contributed by atoms with van der Waals surface area (Å²) in [6, 6.07) is 13.5. The quantitative estimate of drug-likeness (QED) is 0.924. The van der Waals surface area contributed by atoms with Crippen LogP contribution in [0.2, 0.25) is 0 Å². The zero-order valence-corrected chi connectivity index (χ0v) is 14.1. The van der Waals surface area contributed by atoms with Crippen LogP contribution in [0, 0.1) is 0 Å². The Balaban J connectivity index is 1.62. The molecule has 1 N–H and O–H groups in total. The van der Waals surface area contributed by atoms with Crippen LogP contribution in [0.4, 0.5) is 0 Å². The number of fused-ring (bicyclic) bond motifs is 1. The molecular formula is C19H24N4O. The highest BCUT2D eigenvalue weighted by atomic mass is 16.2. The van der Waals surface area contributed by atoms with Gasteiger partial charge in [0.25, 0.3) is 5.91 Å². The average molecular weight is 324 g/mol. The van der Waals surface area contributed by atoms with Gasteiger partial charge in [-0.3, -0.25) is 14.8 Å². The molecule has 5 heteroatoms. The van der Waals surface area contributed by atoms with E-state index >= 15 is 0 Å². The molecule has 0 aliphatic carbocycles. The predicted molar refractivity (Wildman–Crippen MR) is 92.6 cm³/mol. The largest absolute Gasteiger partial charge is 0.333 e. The number of nitrogens with zero attached hydrogens (tertiary/aromatic N) is 3. The summed E-state index contributed by atoms with van der Waals surface area (Å²) in [5.41, 5.74) is 1.95. The van der Waals surface area contributed by atoms with Gasteiger partial charge < -0.3 is 4.90 Å². The molecule has 0 spiro atoms. The second kappa shape index (κ2) is 6.40. The van der Waals surface area contributed by atoms with Crippen LogP contribution in [0.1, 0.15) is 47.8 Å². The van der Waals surface area contributed by atoms with Crippen molar-refractivity contribution in [3.05, 3.63) is 53.9 Å². The first-order chi connectivity index (χ1) is 11.8. The maximum atomic E-state index is 12.9. The first-order valence-electron chi connectivity index (χ1n) is 8.83. The van der Waals surface area contributed by atoms with Crippen LogP contribution < -0.4 is 0 Å². The number of aromatic nitrogens is 2. The van der Waals surface area contributed by atoms with Crippen molar-refractivity contribution >= 4 is 5.91 Å². The minimum Gasteiger partial charge on any atom is -0.333 e. The molecular weight excluding hydrogens is 300 g/mol. The highest BCUT2D eigenvalue weighted by Gasteiger charge is 2.44. The Labute approximate surface area is 142 Å². The number of amides is 1. The number of aromatic amines is 1. The zero-order chi connectivity index (χ0) is 16.5. The lowest BCUT2D eigenvalue weighted by molar-refractivity contribution is 0.0652. The maximum Gasteiger partial charge on any atom is 0.272 e. The molecule has 2 aliphatic heterocycles. The number of likely N-dealkylation sites (tertiary alicyclic amines) is 2. The van der Waals surface area contributed by atoms with Crippen LogP contribution in [0.5, 0.6) is 0 Å². The van der Waals surface area contributed by atoms with Crippen molar-refractivity contribution in [2.45, 2.75) is 43.8 Å². The van der Waals surface area contributed by atoms with Crippen LogP contribution in [0.3, 0.4) is 0 Å². The van der Waals surface area contributed by atoms with Crippen LogP contribution in [0.15, 0.2) is 42.6 Å². The summed E-state index contributed by atoms with van der Waals surface area (Å²) >= 11 is 0. The van der Waals surface area contributed by atoms with Gasteiger partial charge in [0.15, 0.2) is 0 Å². The van der Waals surface area contributed by atoms with Gasteiger partial charge in [-0.25, -0.2) is 0 Å². The van der Waals surface area contributed by atoms with Crippen molar-refractivity contribution in [1.29, 1.82) is 0 Å². The summed E-state index contributed by atoms with van der Waals surface area (Å²) in [6.45, 7) is 0.842. The van der Waals surface area contributed by atoms with Crippen molar-refractivity contribution < 1.29 is 4.79 Å². The maximum absolute atomic E-state index is 12.9. The van der Waals surface area contributed by atoms with E-state index < -0.39 is 0 Å². The smallest absolute Gasteiger partial charge is 0.272 e. The molecule has 24 heavy (non-hydrogen) atoms. The Hall–Kier alpha value is -2.14. The van der Waals surface area contributed by atoms with Gasteiger partial charge in [0, 0.05) is 30.9 Å². The van der Waals surface area contributed by atoms with Crippen molar-refractivity contribution in [3.63, 3.8) is 0 Å². The molecule has 0 radical (unpaired) electrons. The summed E-state index contributed by atoms with van der Waals surface area (Å²) < 4.78 is 0. The number of carbonyl (C=O) groups is 1. The molecule has 2 aromatic rings. The molecule has 1 amide bonds. The van der Waals surface area contributed by atoms with Gasteiger partial charge in [0.2, 0.25) is 0 Å². The summed E-state index contributed by atoms with van der Waals surface area (Å²) in [5.74, 6) is 0.0894. The second-order valence-corrected chi connectivity index (χ2v) is 6.93. The van der Waals surface area contributed by atoms with Gasteiger partial charge in [0.05, 0.1) is 0 Å². The number of rotatable bonds is 2. The van der Waals surface area contributed by atoms with E-state index in [1.54, 1.807) is 12.3 Å². The molecule has 1 aromatic heterocycles. The number of likely N-dealkylation sites (N-methyl/N-ethyl adjacent to an activating group) is 1. The second-order valence-electron chi connectivity index (χ2n) is 6.93. The van der Waals surface area contributed by atoms with Crippen molar-refractivity contribution in [1.82, 2.24) is 20.0 Å². The number of carbonyl (C=O) groups excluding carboxylic acids is 1. The van der Waals surface area contributed by atoms with E-state index in [2.05, 4.69) is 57.4 Å². The lowest BCUT2D eigenvalue weighted by atomic mass is 10.0. The fraction of sp³-hybridized carbons (Fsp3) is 0.474. The van der Waals surface area contributed by atoms with Gasteiger partial charge in [-0.05, 0) is 37.9 Å². The van der Waals surface area contributed by atoms with Gasteiger partial charge in [-0.1, -0.05) is 36.8 Å². The lowest BCUT2D eigenvalue weighted by Gasteiger charge is -2.31. The molecule has 2 fully saturated rings. The Bertz CT molecular complexity index is 685. The molecule has 2 saturated heterocycles. The lowest BCUT2D eigenvalue weighted by Crippen LogP contribution is -2.46. The fourth-order valence-electron chi connectivity index (χ4n) is 4.42. The van der Waals surface area contributed by atoms with Crippen LogP contribution in [0.25, 0.3) is 0 Å². The minimum atomic E-state index is 0.0894. The molecule has 2 aliphatic rings. The fourth-order valence-corrected chi connectivity index (χ4v) is 4.42. The van der Waals surface area contributed by atoms with E-state index in [0.717, 1.165) is 25.8 Å². The molecule has 0 bridgehead atoms. The normalized spacial score (nSPS) is 27.7. The Morgan fingerprint density at radius 1 is 1.17 bits per heavy atom.